The lowest BCUT2D eigenvalue weighted by molar-refractivity contribution is -0.157. The van der Waals surface area contributed by atoms with E-state index in [2.05, 4.69) is 24.0 Å². The summed E-state index contributed by atoms with van der Waals surface area (Å²) in [6.07, 6.45) is 2.95. The highest BCUT2D eigenvalue weighted by Gasteiger charge is 2.28. The lowest BCUT2D eigenvalue weighted by Gasteiger charge is -2.37. The van der Waals surface area contributed by atoms with Crippen molar-refractivity contribution in [1.29, 1.82) is 0 Å². The lowest BCUT2D eigenvalue weighted by atomic mass is 10.00. The highest BCUT2D eigenvalue weighted by molar-refractivity contribution is 5.79. The highest BCUT2D eigenvalue weighted by atomic mass is 16.5. The van der Waals surface area contributed by atoms with Gasteiger partial charge in [-0.05, 0) is 18.6 Å². The van der Waals surface area contributed by atoms with E-state index >= 15 is 0 Å². The summed E-state index contributed by atoms with van der Waals surface area (Å²) in [7, 11) is 0. The van der Waals surface area contributed by atoms with E-state index in [1.807, 2.05) is 23.1 Å². The molecular weight excluding hydrogens is 306 g/mol. The molecule has 1 aromatic rings. The van der Waals surface area contributed by atoms with Gasteiger partial charge in [0.25, 0.3) is 0 Å². The molecule has 1 heterocycles. The van der Waals surface area contributed by atoms with Gasteiger partial charge in [-0.3, -0.25) is 14.8 Å². The van der Waals surface area contributed by atoms with Crippen LogP contribution in [0.5, 0.6) is 0 Å². The maximum Gasteiger partial charge on any atom is 0.233 e. The summed E-state index contributed by atoms with van der Waals surface area (Å²) in [4.78, 5) is 27.5. The van der Waals surface area contributed by atoms with E-state index < -0.39 is 0 Å². The second kappa shape index (κ2) is 9.27. The zero-order valence-corrected chi connectivity index (χ0v) is 14.3. The molecule has 0 bridgehead atoms. The standard InChI is InChI=1S/C18H27N3O3/c1-2-3-7-16(14-21(24)15-22)18(23)20-12-10-19(11-13-20)17-8-5-4-6-9-17/h4-6,8-9,15-16,24H,2-3,7,10-14H2,1H3/t16-/m1/s1. The van der Waals surface area contributed by atoms with Gasteiger partial charge in [-0.15, -0.1) is 0 Å². The van der Waals surface area contributed by atoms with Gasteiger partial charge in [0, 0.05) is 31.9 Å². The fourth-order valence-corrected chi connectivity index (χ4v) is 3.09. The number of piperazine rings is 1. The van der Waals surface area contributed by atoms with Crippen LogP contribution in [0.3, 0.4) is 0 Å². The van der Waals surface area contributed by atoms with E-state index in [0.717, 1.165) is 25.9 Å². The van der Waals surface area contributed by atoms with Gasteiger partial charge >= 0.3 is 0 Å². The van der Waals surface area contributed by atoms with Gasteiger partial charge in [-0.2, -0.15) is 0 Å². The van der Waals surface area contributed by atoms with Crippen LogP contribution in [0.1, 0.15) is 26.2 Å². The molecule has 0 spiro atoms. The Balaban J connectivity index is 1.92. The van der Waals surface area contributed by atoms with Crippen LogP contribution in [0.15, 0.2) is 30.3 Å². The van der Waals surface area contributed by atoms with Crippen molar-refractivity contribution in [3.8, 4) is 0 Å². The molecule has 0 radical (unpaired) electrons. The van der Waals surface area contributed by atoms with Crippen molar-refractivity contribution in [3.05, 3.63) is 30.3 Å². The zero-order valence-electron chi connectivity index (χ0n) is 14.3. The SMILES string of the molecule is CCCC[C@H](CN(O)C=O)C(=O)N1CCN(c2ccccc2)CC1. The quantitative estimate of drug-likeness (QED) is 0.449. The number of para-hydroxylation sites is 1. The average Bonchev–Trinajstić information content (AvgIpc) is 2.65. The molecule has 1 fully saturated rings. The fourth-order valence-electron chi connectivity index (χ4n) is 3.09. The molecule has 1 N–H and O–H groups in total. The first-order valence-corrected chi connectivity index (χ1v) is 8.65. The van der Waals surface area contributed by atoms with Gasteiger partial charge in [0.2, 0.25) is 12.3 Å². The molecule has 0 saturated carbocycles. The van der Waals surface area contributed by atoms with Crippen LogP contribution >= 0.6 is 0 Å². The number of hydroxylamine groups is 2. The van der Waals surface area contributed by atoms with Crippen LogP contribution in [0.25, 0.3) is 0 Å². The summed E-state index contributed by atoms with van der Waals surface area (Å²) in [6.45, 7) is 5.07. The van der Waals surface area contributed by atoms with E-state index in [1.54, 1.807) is 0 Å². The summed E-state index contributed by atoms with van der Waals surface area (Å²) in [6, 6.07) is 10.2. The van der Waals surface area contributed by atoms with Crippen LogP contribution < -0.4 is 4.90 Å². The Morgan fingerprint density at radius 3 is 2.50 bits per heavy atom. The van der Waals surface area contributed by atoms with Gasteiger partial charge in [-0.25, -0.2) is 5.06 Å². The Morgan fingerprint density at radius 2 is 1.92 bits per heavy atom. The van der Waals surface area contributed by atoms with E-state index in [4.69, 9.17) is 0 Å². The first kappa shape index (κ1) is 18.3. The van der Waals surface area contributed by atoms with Gasteiger partial charge in [0.1, 0.15) is 0 Å². The smallest absolute Gasteiger partial charge is 0.233 e. The predicted octanol–water partition coefficient (Wildman–Crippen LogP) is 1.99. The van der Waals surface area contributed by atoms with E-state index in [1.165, 1.54) is 5.69 Å². The number of amides is 2. The molecule has 0 aliphatic carbocycles. The number of rotatable bonds is 8. The minimum absolute atomic E-state index is 0.0389. The van der Waals surface area contributed by atoms with Crippen molar-refractivity contribution >= 4 is 18.0 Å². The Morgan fingerprint density at radius 1 is 1.25 bits per heavy atom. The summed E-state index contributed by atoms with van der Waals surface area (Å²) in [5.74, 6) is -0.291. The van der Waals surface area contributed by atoms with Gasteiger partial charge in [-0.1, -0.05) is 38.0 Å². The van der Waals surface area contributed by atoms with Crippen LogP contribution in [0, 0.1) is 5.92 Å². The van der Waals surface area contributed by atoms with Crippen molar-refractivity contribution in [2.24, 2.45) is 5.92 Å². The Labute approximate surface area is 143 Å². The molecule has 2 rings (SSSR count). The maximum atomic E-state index is 12.8. The van der Waals surface area contributed by atoms with Crippen molar-refractivity contribution in [2.45, 2.75) is 26.2 Å². The summed E-state index contributed by atoms with van der Waals surface area (Å²) in [5, 5.41) is 10.0. The topological polar surface area (TPSA) is 64.1 Å². The molecule has 6 nitrogen and oxygen atoms in total. The first-order valence-electron chi connectivity index (χ1n) is 8.65. The highest BCUT2D eigenvalue weighted by Crippen LogP contribution is 2.18. The summed E-state index contributed by atoms with van der Waals surface area (Å²) < 4.78 is 0. The summed E-state index contributed by atoms with van der Waals surface area (Å²) >= 11 is 0. The monoisotopic (exact) mass is 333 g/mol. The Hall–Kier alpha value is -2.08. The van der Waals surface area contributed by atoms with Crippen LogP contribution in [-0.2, 0) is 9.59 Å². The Kier molecular flexibility index (Phi) is 7.06. The van der Waals surface area contributed by atoms with Gasteiger partial charge in [0.15, 0.2) is 0 Å². The van der Waals surface area contributed by atoms with E-state index in [-0.39, 0.29) is 18.4 Å². The molecule has 1 aromatic carbocycles. The molecule has 0 aromatic heterocycles. The number of nitrogens with zero attached hydrogens (tertiary/aromatic N) is 3. The number of carbonyl (C=O) groups excluding carboxylic acids is 2. The maximum absolute atomic E-state index is 12.8. The van der Waals surface area contributed by atoms with Crippen LogP contribution in [0.2, 0.25) is 0 Å². The second-order valence-electron chi connectivity index (χ2n) is 6.21. The third-order valence-corrected chi connectivity index (χ3v) is 4.50. The number of benzene rings is 1. The Bertz CT molecular complexity index is 516. The third-order valence-electron chi connectivity index (χ3n) is 4.50. The lowest BCUT2D eigenvalue weighted by Crippen LogP contribution is -2.51. The molecule has 1 aliphatic rings. The number of hydrogen-bond donors (Lipinski definition) is 1. The minimum Gasteiger partial charge on any atom is -0.368 e. The average molecular weight is 333 g/mol. The van der Waals surface area contributed by atoms with E-state index in [9.17, 15) is 14.8 Å². The normalized spacial score (nSPS) is 15.9. The molecular formula is C18H27N3O3. The molecule has 1 aliphatic heterocycles. The molecule has 1 atom stereocenters. The minimum atomic E-state index is -0.330. The molecule has 2 amide bonds. The first-order chi connectivity index (χ1) is 11.7. The second-order valence-corrected chi connectivity index (χ2v) is 6.21. The van der Waals surface area contributed by atoms with Gasteiger partial charge in [0.05, 0.1) is 12.5 Å². The van der Waals surface area contributed by atoms with Crippen molar-refractivity contribution in [2.75, 3.05) is 37.6 Å². The number of anilines is 1. The van der Waals surface area contributed by atoms with Crippen LogP contribution in [-0.4, -0.2) is 60.2 Å². The summed E-state index contributed by atoms with van der Waals surface area (Å²) in [5.41, 5.74) is 1.18. The number of hydrogen-bond acceptors (Lipinski definition) is 4. The van der Waals surface area contributed by atoms with Crippen molar-refractivity contribution < 1.29 is 14.8 Å². The van der Waals surface area contributed by atoms with Crippen molar-refractivity contribution in [1.82, 2.24) is 9.96 Å². The largest absolute Gasteiger partial charge is 0.368 e. The van der Waals surface area contributed by atoms with Crippen LogP contribution in [0.4, 0.5) is 5.69 Å². The molecule has 0 unspecified atom stereocenters. The molecule has 6 heteroatoms. The predicted molar refractivity (Wildman–Crippen MR) is 92.8 cm³/mol. The molecule has 1 saturated heterocycles. The number of carbonyl (C=O) groups is 2. The molecule has 132 valence electrons. The third kappa shape index (κ3) is 4.96. The van der Waals surface area contributed by atoms with Crippen molar-refractivity contribution in [3.63, 3.8) is 0 Å². The zero-order chi connectivity index (χ0) is 17.4. The van der Waals surface area contributed by atoms with Gasteiger partial charge < -0.3 is 9.80 Å². The fraction of sp³-hybridized carbons (Fsp3) is 0.556. The number of unbranched alkanes of at least 4 members (excludes halogenated alkanes) is 1. The molecule has 24 heavy (non-hydrogen) atoms. The van der Waals surface area contributed by atoms with E-state index in [0.29, 0.717) is 31.0 Å².